The van der Waals surface area contributed by atoms with E-state index in [9.17, 15) is 0 Å². The van der Waals surface area contributed by atoms with Crippen LogP contribution in [0.15, 0.2) is 104 Å². The van der Waals surface area contributed by atoms with Crippen molar-refractivity contribution in [2.45, 2.75) is 297 Å². The van der Waals surface area contributed by atoms with Crippen LogP contribution in [-0.2, 0) is 19.6 Å². The van der Waals surface area contributed by atoms with Crippen molar-refractivity contribution in [2.75, 3.05) is 0 Å². The Kier molecular flexibility index (Phi) is 54.7. The van der Waals surface area contributed by atoms with E-state index in [1.165, 1.54) is 94.4 Å². The maximum absolute atomic E-state index is 4.26. The smallest absolute Gasteiger partial charge is 0.202 e. The van der Waals surface area contributed by atoms with E-state index >= 15 is 0 Å². The van der Waals surface area contributed by atoms with Gasteiger partial charge in [0.1, 0.15) is 0 Å². The molecule has 480 valence electrons. The Labute approximate surface area is 528 Å². The van der Waals surface area contributed by atoms with Crippen LogP contribution in [0, 0.1) is 55.4 Å². The van der Waals surface area contributed by atoms with E-state index in [0.717, 1.165) is 25.3 Å². The van der Waals surface area contributed by atoms with Crippen molar-refractivity contribution in [3.8, 4) is 0 Å². The molecule has 1 aliphatic heterocycles. The molecule has 8 rings (SSSR count). The molecule has 6 heterocycles. The molecule has 0 saturated carbocycles. The third-order valence-corrected chi connectivity index (χ3v) is 13.6. The summed E-state index contributed by atoms with van der Waals surface area (Å²) in [4.78, 5) is 16.7. The second-order valence-corrected chi connectivity index (χ2v) is 21.4. The summed E-state index contributed by atoms with van der Waals surface area (Å²) >= 11 is 0. The highest BCUT2D eigenvalue weighted by Crippen LogP contribution is 2.24. The molecule has 0 saturated heterocycles. The number of nitrogens with zero attached hydrogens (tertiary/aromatic N) is 5. The second-order valence-electron chi connectivity index (χ2n) is 21.4. The number of benzene rings is 2. The van der Waals surface area contributed by atoms with Crippen LogP contribution in [0.4, 0.5) is 0 Å². The van der Waals surface area contributed by atoms with Gasteiger partial charge in [-0.15, -0.1) is 0 Å². The number of fused-ring (bicyclic) bond motifs is 2. The highest BCUT2D eigenvalue weighted by Gasteiger charge is 2.20. The quantitative estimate of drug-likeness (QED) is 0.161. The summed E-state index contributed by atoms with van der Waals surface area (Å²) in [6, 6.07) is 19.8. The van der Waals surface area contributed by atoms with Gasteiger partial charge in [-0.05, 0) is 193 Å². The van der Waals surface area contributed by atoms with E-state index in [-0.39, 0.29) is 0 Å². The van der Waals surface area contributed by atoms with Gasteiger partial charge < -0.3 is 0 Å². The maximum atomic E-state index is 4.26. The third-order valence-electron chi connectivity index (χ3n) is 13.6. The SMILES string of the molecule is CC.CC.CC.CC.CC.CC.CC.CC(C)c1ccc2ccncc2c1.CCc1ccc(C(C)C)c(C)c1.Cc1cc(C)c(C(C)C)cn1.Cc1cc2[n+](cc1C(C)C)CNC2.Cc1cncc(C(C)C)c1C.Cc1cncc(C(C)C)c1C. The van der Waals surface area contributed by atoms with Crippen molar-refractivity contribution in [1.29, 1.82) is 0 Å². The molecule has 7 aromatic rings. The average Bonchev–Trinajstić information content (AvgIpc) is 4.24. The molecule has 6 heteroatoms. The Morgan fingerprint density at radius 3 is 1.25 bits per heavy atom. The lowest BCUT2D eigenvalue weighted by Gasteiger charge is -2.10. The summed E-state index contributed by atoms with van der Waals surface area (Å²) in [7, 11) is 0. The van der Waals surface area contributed by atoms with Crippen LogP contribution in [0.25, 0.3) is 10.8 Å². The van der Waals surface area contributed by atoms with Gasteiger partial charge in [0.05, 0.1) is 6.54 Å². The first kappa shape index (κ1) is 88.2. The number of aryl methyl sites for hydroxylation is 7. The minimum Gasteiger partial charge on any atom is -0.264 e. The van der Waals surface area contributed by atoms with E-state index in [2.05, 4.69) is 223 Å². The van der Waals surface area contributed by atoms with Crippen molar-refractivity contribution in [3.05, 3.63) is 193 Å². The first-order chi connectivity index (χ1) is 40.5. The number of aromatic nitrogens is 5. The van der Waals surface area contributed by atoms with E-state index < -0.39 is 0 Å². The van der Waals surface area contributed by atoms with Crippen LogP contribution < -0.4 is 9.88 Å². The molecule has 0 amide bonds. The average molecular weight is 1170 g/mol. The minimum absolute atomic E-state index is 0.586. The Bertz CT molecular complexity index is 2670. The largest absolute Gasteiger partial charge is 0.264 e. The molecular weight excluding hydrogens is 1030 g/mol. The molecule has 5 aromatic heterocycles. The van der Waals surface area contributed by atoms with Gasteiger partial charge in [-0.2, -0.15) is 4.57 Å². The Balaban J connectivity index is -0.000000289. The van der Waals surface area contributed by atoms with Gasteiger partial charge in [-0.1, -0.05) is 217 Å². The first-order valence-electron chi connectivity index (χ1n) is 33.4. The molecule has 0 bridgehead atoms. The standard InChI is InChI=1S/C12H13N.C12H18.C11H17N2.3C10H15N.7C2H6/c1-9(2)11-4-3-10-5-6-13-8-12(10)7-11;1-5-11-6-7-12(9(2)3)10(4)8-11;1-8(2)11-6-13-7-12-5-10(13)4-9(11)3;2*1-7(2)10-6-11-5-8(3)9(10)4;1-7(2)10-6-11-9(4)5-8(10)3;7*1-2/h3-9H,1-2H3;6-9H,5H2,1-4H3;4,6,8,12H,5,7H2,1-3H3;3*5-7H,1-4H3;7*1-2H3/q;;+1;;;;;;;;;;. The predicted octanol–water partition coefficient (Wildman–Crippen LogP) is 24.2. The number of hydrogen-bond donors (Lipinski definition) is 1. The maximum Gasteiger partial charge on any atom is 0.202 e. The van der Waals surface area contributed by atoms with Crippen LogP contribution in [0.5, 0.6) is 0 Å². The van der Waals surface area contributed by atoms with E-state index in [1.807, 2.05) is 153 Å². The molecule has 2 aromatic carbocycles. The van der Waals surface area contributed by atoms with Crippen molar-refractivity contribution >= 4 is 10.8 Å². The van der Waals surface area contributed by atoms with Gasteiger partial charge in [0, 0.05) is 66.1 Å². The summed E-state index contributed by atoms with van der Waals surface area (Å²) in [5.41, 5.74) is 21.9. The van der Waals surface area contributed by atoms with Crippen LogP contribution >= 0.6 is 0 Å². The molecular formula is C79H135N6+. The predicted molar refractivity (Wildman–Crippen MR) is 386 cm³/mol. The van der Waals surface area contributed by atoms with Gasteiger partial charge in [-0.25, -0.2) is 0 Å². The lowest BCUT2D eigenvalue weighted by molar-refractivity contribution is -0.694. The third kappa shape index (κ3) is 33.8. The van der Waals surface area contributed by atoms with Crippen molar-refractivity contribution < 1.29 is 4.57 Å². The van der Waals surface area contributed by atoms with Gasteiger partial charge in [0.25, 0.3) is 0 Å². The second kappa shape index (κ2) is 52.7. The number of pyridine rings is 5. The van der Waals surface area contributed by atoms with Crippen LogP contribution in [0.3, 0.4) is 0 Å². The van der Waals surface area contributed by atoms with Gasteiger partial charge in [0.2, 0.25) is 6.67 Å². The Morgan fingerprint density at radius 2 is 0.847 bits per heavy atom. The number of rotatable bonds is 7. The fourth-order valence-corrected chi connectivity index (χ4v) is 8.82. The fraction of sp³-hybridized carbons (Fsp3) is 0.557. The first-order valence-corrected chi connectivity index (χ1v) is 33.4. The Morgan fingerprint density at radius 1 is 0.400 bits per heavy atom. The summed E-state index contributed by atoms with van der Waals surface area (Å²) in [6.07, 6.45) is 16.9. The van der Waals surface area contributed by atoms with Crippen LogP contribution in [0.1, 0.15) is 312 Å². The zero-order chi connectivity index (χ0) is 67.1. The molecule has 0 radical (unpaired) electrons. The summed E-state index contributed by atoms with van der Waals surface area (Å²) in [5.74, 6) is 3.62. The van der Waals surface area contributed by atoms with E-state index in [0.29, 0.717) is 35.5 Å². The van der Waals surface area contributed by atoms with Crippen LogP contribution in [0.2, 0.25) is 0 Å². The highest BCUT2D eigenvalue weighted by atomic mass is 15.2. The van der Waals surface area contributed by atoms with Gasteiger partial charge >= 0.3 is 0 Å². The van der Waals surface area contributed by atoms with Crippen molar-refractivity contribution in [1.82, 2.24) is 25.3 Å². The van der Waals surface area contributed by atoms with E-state index in [1.54, 1.807) is 0 Å². The van der Waals surface area contributed by atoms with Crippen LogP contribution in [-0.4, -0.2) is 19.9 Å². The highest BCUT2D eigenvalue weighted by molar-refractivity contribution is 5.82. The molecule has 1 N–H and O–H groups in total. The molecule has 6 nitrogen and oxygen atoms in total. The molecule has 0 spiro atoms. The summed E-state index contributed by atoms with van der Waals surface area (Å²) in [6.45, 7) is 75.9. The molecule has 1 aliphatic rings. The van der Waals surface area contributed by atoms with E-state index in [4.69, 9.17) is 0 Å². The summed E-state index contributed by atoms with van der Waals surface area (Å²) < 4.78 is 2.31. The monoisotopic (exact) mass is 1170 g/mol. The Hall–Kier alpha value is -5.59. The summed E-state index contributed by atoms with van der Waals surface area (Å²) in [5, 5.41) is 5.84. The zero-order valence-electron chi connectivity index (χ0n) is 62.1. The topological polar surface area (TPSA) is 67.5 Å². The van der Waals surface area contributed by atoms with Gasteiger partial charge in [-0.3, -0.25) is 25.3 Å². The van der Waals surface area contributed by atoms with Crippen molar-refractivity contribution in [3.63, 3.8) is 0 Å². The molecule has 0 fully saturated rings. The van der Waals surface area contributed by atoms with Crippen molar-refractivity contribution in [2.24, 2.45) is 0 Å². The molecule has 0 aliphatic carbocycles. The lowest BCUT2D eigenvalue weighted by atomic mass is 9.96. The fourth-order valence-electron chi connectivity index (χ4n) is 8.82. The normalized spacial score (nSPS) is 10.1. The molecule has 0 unspecified atom stereocenters. The minimum atomic E-state index is 0.586. The number of hydrogen-bond acceptors (Lipinski definition) is 5. The number of nitrogens with one attached hydrogen (secondary N) is 1. The lowest BCUT2D eigenvalue weighted by Crippen LogP contribution is -2.35. The zero-order valence-corrected chi connectivity index (χ0v) is 62.1. The molecule has 85 heavy (non-hydrogen) atoms. The van der Waals surface area contributed by atoms with Gasteiger partial charge in [0.15, 0.2) is 11.9 Å². The molecule has 0 atom stereocenters.